The topological polar surface area (TPSA) is 73.6 Å². The highest BCUT2D eigenvalue weighted by Gasteiger charge is 2.22. The summed E-state index contributed by atoms with van der Waals surface area (Å²) in [5.41, 5.74) is 1.43. The van der Waals surface area contributed by atoms with E-state index in [0.29, 0.717) is 16.5 Å². The molecule has 5 nitrogen and oxygen atoms in total. The molecule has 0 amide bonds. The van der Waals surface area contributed by atoms with Gasteiger partial charge in [-0.05, 0) is 26.0 Å². The van der Waals surface area contributed by atoms with Crippen LogP contribution in [0, 0.1) is 6.92 Å². The standard InChI is InChI=1S/C20H16O5/c1-12-7-9-14(10-8-12)19(22)13(2)24-20(23)18-11-16(21)15-5-3-4-6-17(15)25-18/h3-11,13H,1-2H3/t13-/m1/s1. The number of hydrogen-bond acceptors (Lipinski definition) is 5. The van der Waals surface area contributed by atoms with Crippen LogP contribution in [0.3, 0.4) is 0 Å². The quantitative estimate of drug-likeness (QED) is 0.538. The van der Waals surface area contributed by atoms with Gasteiger partial charge < -0.3 is 9.15 Å². The number of carbonyl (C=O) groups is 2. The summed E-state index contributed by atoms with van der Waals surface area (Å²) in [6.07, 6.45) is -0.994. The molecule has 2 aromatic carbocycles. The molecule has 25 heavy (non-hydrogen) atoms. The molecular weight excluding hydrogens is 320 g/mol. The molecule has 0 N–H and O–H groups in total. The Morgan fingerprint density at radius 2 is 1.72 bits per heavy atom. The first-order valence-electron chi connectivity index (χ1n) is 7.80. The van der Waals surface area contributed by atoms with Gasteiger partial charge >= 0.3 is 5.97 Å². The Kier molecular flexibility index (Phi) is 4.48. The molecule has 0 unspecified atom stereocenters. The molecule has 3 aromatic rings. The van der Waals surface area contributed by atoms with E-state index in [0.717, 1.165) is 11.6 Å². The van der Waals surface area contributed by atoms with E-state index < -0.39 is 12.1 Å². The van der Waals surface area contributed by atoms with Crippen molar-refractivity contribution in [3.8, 4) is 0 Å². The molecule has 1 aromatic heterocycles. The second-order valence-corrected chi connectivity index (χ2v) is 5.75. The molecule has 5 heteroatoms. The van der Waals surface area contributed by atoms with Crippen molar-refractivity contribution < 1.29 is 18.7 Å². The summed E-state index contributed by atoms with van der Waals surface area (Å²) in [6, 6.07) is 14.7. The monoisotopic (exact) mass is 336 g/mol. The Bertz CT molecular complexity index is 999. The average molecular weight is 336 g/mol. The van der Waals surface area contributed by atoms with Crippen LogP contribution < -0.4 is 5.43 Å². The summed E-state index contributed by atoms with van der Waals surface area (Å²) in [6.45, 7) is 3.40. The zero-order valence-electron chi connectivity index (χ0n) is 13.8. The highest BCUT2D eigenvalue weighted by molar-refractivity contribution is 6.01. The maximum Gasteiger partial charge on any atom is 0.375 e. The molecule has 0 aliphatic heterocycles. The number of Topliss-reactive ketones (excluding diaryl/α,β-unsaturated/α-hetero) is 1. The maximum absolute atomic E-state index is 12.3. The van der Waals surface area contributed by atoms with E-state index in [4.69, 9.17) is 9.15 Å². The summed E-state index contributed by atoms with van der Waals surface area (Å²) < 4.78 is 10.6. The Hall–Kier alpha value is -3.21. The number of ether oxygens (including phenoxy) is 1. The lowest BCUT2D eigenvalue weighted by Crippen LogP contribution is -2.25. The van der Waals surface area contributed by atoms with Crippen molar-refractivity contribution in [3.63, 3.8) is 0 Å². The van der Waals surface area contributed by atoms with E-state index in [1.54, 1.807) is 36.4 Å². The summed E-state index contributed by atoms with van der Waals surface area (Å²) in [5.74, 6) is -1.40. The third-order valence-electron chi connectivity index (χ3n) is 3.82. The van der Waals surface area contributed by atoms with Crippen molar-refractivity contribution in [1.82, 2.24) is 0 Å². The number of para-hydroxylation sites is 1. The minimum atomic E-state index is -0.994. The number of hydrogen-bond donors (Lipinski definition) is 0. The van der Waals surface area contributed by atoms with Crippen molar-refractivity contribution in [1.29, 1.82) is 0 Å². The number of fused-ring (bicyclic) bond motifs is 1. The number of carbonyl (C=O) groups excluding carboxylic acids is 2. The fraction of sp³-hybridized carbons (Fsp3) is 0.150. The smallest absolute Gasteiger partial charge is 0.375 e. The van der Waals surface area contributed by atoms with E-state index >= 15 is 0 Å². The van der Waals surface area contributed by atoms with Gasteiger partial charge in [0.25, 0.3) is 0 Å². The predicted molar refractivity (Wildman–Crippen MR) is 92.9 cm³/mol. The Balaban J connectivity index is 1.81. The molecular formula is C20H16O5. The molecule has 0 fully saturated rings. The van der Waals surface area contributed by atoms with Crippen molar-refractivity contribution in [3.05, 3.63) is 81.7 Å². The first-order valence-corrected chi connectivity index (χ1v) is 7.80. The molecule has 126 valence electrons. The minimum absolute atomic E-state index is 0.229. The first kappa shape index (κ1) is 16.6. The normalized spacial score (nSPS) is 11.9. The van der Waals surface area contributed by atoms with Gasteiger partial charge in [0.15, 0.2) is 11.5 Å². The van der Waals surface area contributed by atoms with Crippen LogP contribution in [0.1, 0.15) is 33.4 Å². The second-order valence-electron chi connectivity index (χ2n) is 5.75. The van der Waals surface area contributed by atoms with Gasteiger partial charge in [0.05, 0.1) is 5.39 Å². The fourth-order valence-corrected chi connectivity index (χ4v) is 2.43. The van der Waals surface area contributed by atoms with Crippen LogP contribution in [-0.4, -0.2) is 17.9 Å². The van der Waals surface area contributed by atoms with Crippen molar-refractivity contribution in [2.75, 3.05) is 0 Å². The van der Waals surface area contributed by atoms with Crippen molar-refractivity contribution in [2.45, 2.75) is 20.0 Å². The maximum atomic E-state index is 12.3. The fourth-order valence-electron chi connectivity index (χ4n) is 2.43. The van der Waals surface area contributed by atoms with Crippen LogP contribution in [0.15, 0.2) is 63.8 Å². The zero-order valence-corrected chi connectivity index (χ0v) is 13.8. The average Bonchev–Trinajstić information content (AvgIpc) is 2.61. The lowest BCUT2D eigenvalue weighted by atomic mass is 10.1. The van der Waals surface area contributed by atoms with Crippen LogP contribution in [0.2, 0.25) is 0 Å². The van der Waals surface area contributed by atoms with Gasteiger partial charge in [-0.25, -0.2) is 4.79 Å². The third kappa shape index (κ3) is 3.50. The van der Waals surface area contributed by atoms with Crippen molar-refractivity contribution in [2.24, 2.45) is 0 Å². The van der Waals surface area contributed by atoms with Crippen LogP contribution in [0.25, 0.3) is 11.0 Å². The molecule has 0 saturated carbocycles. The molecule has 0 aliphatic rings. The van der Waals surface area contributed by atoms with Gasteiger partial charge in [0, 0.05) is 11.6 Å². The largest absolute Gasteiger partial charge is 0.449 e. The molecule has 0 radical (unpaired) electrons. The number of rotatable bonds is 4. The number of benzene rings is 2. The molecule has 1 atom stereocenters. The molecule has 0 bridgehead atoms. The molecule has 0 saturated heterocycles. The van der Waals surface area contributed by atoms with E-state index in [1.807, 2.05) is 19.1 Å². The lowest BCUT2D eigenvalue weighted by Gasteiger charge is -2.12. The molecule has 0 aliphatic carbocycles. The Morgan fingerprint density at radius 3 is 2.44 bits per heavy atom. The van der Waals surface area contributed by atoms with Crippen molar-refractivity contribution >= 4 is 22.7 Å². The predicted octanol–water partition coefficient (Wildman–Crippen LogP) is 3.53. The van der Waals surface area contributed by atoms with Crippen LogP contribution in [0.4, 0.5) is 0 Å². The van der Waals surface area contributed by atoms with Gasteiger partial charge in [0.1, 0.15) is 5.58 Å². The molecule has 1 heterocycles. The SMILES string of the molecule is Cc1ccc(C(=O)[C@@H](C)OC(=O)c2cc(=O)c3ccccc3o2)cc1. The summed E-state index contributed by atoms with van der Waals surface area (Å²) >= 11 is 0. The van der Waals surface area contributed by atoms with Crippen LogP contribution >= 0.6 is 0 Å². The second kappa shape index (κ2) is 6.73. The summed E-state index contributed by atoms with van der Waals surface area (Å²) in [7, 11) is 0. The highest BCUT2D eigenvalue weighted by Crippen LogP contribution is 2.14. The van der Waals surface area contributed by atoms with Gasteiger partial charge in [-0.1, -0.05) is 42.0 Å². The zero-order chi connectivity index (χ0) is 18.0. The lowest BCUT2D eigenvalue weighted by molar-refractivity contribution is 0.0289. The van der Waals surface area contributed by atoms with Gasteiger partial charge in [-0.15, -0.1) is 0 Å². The van der Waals surface area contributed by atoms with Crippen LogP contribution in [0.5, 0.6) is 0 Å². The molecule has 0 spiro atoms. The minimum Gasteiger partial charge on any atom is -0.449 e. The van der Waals surface area contributed by atoms with Gasteiger partial charge in [-0.3, -0.25) is 9.59 Å². The van der Waals surface area contributed by atoms with Gasteiger partial charge in [0.2, 0.25) is 11.5 Å². The molecule has 3 rings (SSSR count). The highest BCUT2D eigenvalue weighted by atomic mass is 16.6. The van der Waals surface area contributed by atoms with Crippen LogP contribution in [-0.2, 0) is 4.74 Å². The Labute approximate surface area is 143 Å². The van der Waals surface area contributed by atoms with Gasteiger partial charge in [-0.2, -0.15) is 0 Å². The first-order chi connectivity index (χ1) is 12.0. The summed E-state index contributed by atoms with van der Waals surface area (Å²) in [5, 5.41) is 0.378. The van der Waals surface area contributed by atoms with E-state index in [1.165, 1.54) is 6.92 Å². The number of ketones is 1. The summed E-state index contributed by atoms with van der Waals surface area (Å²) in [4.78, 5) is 36.6. The van der Waals surface area contributed by atoms with E-state index in [-0.39, 0.29) is 17.0 Å². The Morgan fingerprint density at radius 1 is 1.04 bits per heavy atom. The number of aryl methyl sites for hydroxylation is 1. The number of esters is 1. The van der Waals surface area contributed by atoms with E-state index in [9.17, 15) is 14.4 Å². The third-order valence-corrected chi connectivity index (χ3v) is 3.82. The van der Waals surface area contributed by atoms with E-state index in [2.05, 4.69) is 0 Å².